The predicted molar refractivity (Wildman–Crippen MR) is 63.1 cm³/mol. The van der Waals surface area contributed by atoms with Crippen molar-refractivity contribution in [1.29, 1.82) is 0 Å². The Balaban J connectivity index is 2.90. The van der Waals surface area contributed by atoms with Crippen LogP contribution in [0.25, 0.3) is 0 Å². The van der Waals surface area contributed by atoms with Gasteiger partial charge < -0.3 is 0 Å². The molecule has 0 aliphatic heterocycles. The monoisotopic (exact) mass is 292 g/mol. The quantitative estimate of drug-likeness (QED) is 0.686. The highest BCUT2D eigenvalue weighted by molar-refractivity contribution is 9.09. The highest BCUT2D eigenvalue weighted by Gasteiger charge is 2.10. The van der Waals surface area contributed by atoms with Crippen LogP contribution in [0.4, 0.5) is 0 Å². The van der Waals surface area contributed by atoms with Crippen molar-refractivity contribution < 1.29 is 13.0 Å². The zero-order chi connectivity index (χ0) is 11.5. The lowest BCUT2D eigenvalue weighted by Gasteiger charge is -2.09. The predicted octanol–water partition coefficient (Wildman–Crippen LogP) is 2.82. The van der Waals surface area contributed by atoms with E-state index < -0.39 is 10.1 Å². The summed E-state index contributed by atoms with van der Waals surface area (Å²) in [6.07, 6.45) is 0.991. The van der Waals surface area contributed by atoms with E-state index in [9.17, 15) is 8.42 Å². The molecule has 0 saturated carbocycles. The molecule has 0 amide bonds. The van der Waals surface area contributed by atoms with E-state index >= 15 is 0 Å². The summed E-state index contributed by atoms with van der Waals surface area (Å²) in [6, 6.07) is 6.32. The molecule has 0 aromatic heterocycles. The molecule has 15 heavy (non-hydrogen) atoms. The molecular weight excluding hydrogens is 280 g/mol. The first kappa shape index (κ1) is 12.7. The van der Waals surface area contributed by atoms with Crippen LogP contribution in [0.1, 0.15) is 24.8 Å². The topological polar surface area (TPSA) is 54.4 Å². The summed E-state index contributed by atoms with van der Waals surface area (Å²) in [4.78, 5) is -0.0581. The first-order chi connectivity index (χ1) is 6.95. The van der Waals surface area contributed by atoms with E-state index in [0.29, 0.717) is 5.92 Å². The third-order valence-electron chi connectivity index (χ3n) is 2.29. The highest BCUT2D eigenvalue weighted by Crippen LogP contribution is 2.21. The average molecular weight is 293 g/mol. The summed E-state index contributed by atoms with van der Waals surface area (Å²) in [6.45, 7) is 2.07. The second-order valence-corrected chi connectivity index (χ2v) is 5.64. The molecule has 1 rings (SSSR count). The molecule has 1 unspecified atom stereocenters. The highest BCUT2D eigenvalue weighted by atomic mass is 79.9. The Hall–Kier alpha value is -0.390. The number of halogens is 1. The van der Waals surface area contributed by atoms with Gasteiger partial charge in [-0.1, -0.05) is 35.0 Å². The largest absolute Gasteiger partial charge is 0.294 e. The normalized spacial score (nSPS) is 13.8. The molecule has 0 heterocycles. The third kappa shape index (κ3) is 3.59. The number of hydrogen-bond donors (Lipinski definition) is 1. The first-order valence-electron chi connectivity index (χ1n) is 4.58. The second-order valence-electron chi connectivity index (χ2n) is 3.42. The van der Waals surface area contributed by atoms with E-state index in [1.54, 1.807) is 12.1 Å². The Kier molecular flexibility index (Phi) is 4.31. The van der Waals surface area contributed by atoms with Crippen LogP contribution in [0.5, 0.6) is 0 Å². The molecule has 1 atom stereocenters. The zero-order valence-electron chi connectivity index (χ0n) is 8.35. The minimum absolute atomic E-state index is 0.0581. The molecule has 0 aliphatic carbocycles. The van der Waals surface area contributed by atoms with Crippen LogP contribution < -0.4 is 0 Å². The Bertz CT molecular complexity index is 411. The Morgan fingerprint density at radius 2 is 1.87 bits per heavy atom. The van der Waals surface area contributed by atoms with Gasteiger partial charge in [-0.25, -0.2) is 0 Å². The van der Waals surface area contributed by atoms with Crippen molar-refractivity contribution in [2.24, 2.45) is 0 Å². The molecule has 3 nitrogen and oxygen atoms in total. The molecule has 0 saturated heterocycles. The minimum Gasteiger partial charge on any atom is -0.282 e. The van der Waals surface area contributed by atoms with E-state index in [1.165, 1.54) is 12.1 Å². The summed E-state index contributed by atoms with van der Waals surface area (Å²) in [5.41, 5.74) is 1.07. The first-order valence-corrected chi connectivity index (χ1v) is 7.14. The van der Waals surface area contributed by atoms with Gasteiger partial charge in [-0.15, -0.1) is 0 Å². The van der Waals surface area contributed by atoms with Crippen molar-refractivity contribution in [2.45, 2.75) is 24.2 Å². The van der Waals surface area contributed by atoms with Gasteiger partial charge in [0.05, 0.1) is 4.90 Å². The number of alkyl halides is 1. The maximum absolute atomic E-state index is 10.8. The van der Waals surface area contributed by atoms with Crippen LogP contribution in [0.2, 0.25) is 0 Å². The lowest BCUT2D eigenvalue weighted by Crippen LogP contribution is -1.99. The SMILES string of the molecule is CC(CCBr)c1ccc(S(=O)(=O)O)cc1. The summed E-state index contributed by atoms with van der Waals surface area (Å²) in [7, 11) is -4.07. The van der Waals surface area contributed by atoms with Crippen molar-refractivity contribution in [3.63, 3.8) is 0 Å². The molecule has 0 fully saturated rings. The molecule has 84 valence electrons. The van der Waals surface area contributed by atoms with Gasteiger partial charge in [-0.2, -0.15) is 8.42 Å². The Morgan fingerprint density at radius 1 is 1.33 bits per heavy atom. The maximum Gasteiger partial charge on any atom is 0.294 e. The van der Waals surface area contributed by atoms with Crippen LogP contribution in [-0.4, -0.2) is 18.3 Å². The van der Waals surface area contributed by atoms with Gasteiger partial charge in [0.1, 0.15) is 0 Å². The number of benzene rings is 1. The van der Waals surface area contributed by atoms with Crippen molar-refractivity contribution in [1.82, 2.24) is 0 Å². The molecular formula is C10H13BrO3S. The number of hydrogen-bond acceptors (Lipinski definition) is 2. The van der Waals surface area contributed by atoms with E-state index in [2.05, 4.69) is 22.9 Å². The standard InChI is InChI=1S/C10H13BrO3S/c1-8(6-7-11)9-2-4-10(5-3-9)15(12,13)14/h2-5,8H,6-7H2,1H3,(H,12,13,14). The van der Waals surface area contributed by atoms with E-state index in [4.69, 9.17) is 4.55 Å². The van der Waals surface area contributed by atoms with Gasteiger partial charge in [0.15, 0.2) is 0 Å². The Labute approximate surface area is 98.4 Å². The zero-order valence-corrected chi connectivity index (χ0v) is 10.8. The molecule has 1 aromatic rings. The van der Waals surface area contributed by atoms with Gasteiger partial charge in [0, 0.05) is 5.33 Å². The fourth-order valence-corrected chi connectivity index (χ4v) is 2.47. The summed E-state index contributed by atoms with van der Waals surface area (Å²) < 4.78 is 30.4. The van der Waals surface area contributed by atoms with Crippen LogP contribution in [0.15, 0.2) is 29.2 Å². The maximum atomic E-state index is 10.8. The van der Waals surface area contributed by atoms with Gasteiger partial charge in [-0.3, -0.25) is 4.55 Å². The van der Waals surface area contributed by atoms with E-state index in [0.717, 1.165) is 17.3 Å². The van der Waals surface area contributed by atoms with E-state index in [-0.39, 0.29) is 4.90 Å². The van der Waals surface area contributed by atoms with Crippen LogP contribution >= 0.6 is 15.9 Å². The van der Waals surface area contributed by atoms with Crippen molar-refractivity contribution in [2.75, 3.05) is 5.33 Å². The smallest absolute Gasteiger partial charge is 0.282 e. The minimum atomic E-state index is -4.07. The lowest BCUT2D eigenvalue weighted by atomic mass is 9.99. The van der Waals surface area contributed by atoms with E-state index in [1.807, 2.05) is 0 Å². The molecule has 0 spiro atoms. The summed E-state index contributed by atoms with van der Waals surface area (Å²) in [5.74, 6) is 0.375. The van der Waals surface area contributed by atoms with Crippen molar-refractivity contribution in [3.8, 4) is 0 Å². The molecule has 1 N–H and O–H groups in total. The Morgan fingerprint density at radius 3 is 2.27 bits per heavy atom. The van der Waals surface area contributed by atoms with Crippen LogP contribution in [-0.2, 0) is 10.1 Å². The molecule has 0 aliphatic rings. The molecule has 1 aromatic carbocycles. The molecule has 5 heteroatoms. The second kappa shape index (κ2) is 5.09. The van der Waals surface area contributed by atoms with Crippen LogP contribution in [0, 0.1) is 0 Å². The van der Waals surface area contributed by atoms with Gasteiger partial charge >= 0.3 is 0 Å². The third-order valence-corrected chi connectivity index (χ3v) is 3.61. The number of rotatable bonds is 4. The fraction of sp³-hybridized carbons (Fsp3) is 0.400. The lowest BCUT2D eigenvalue weighted by molar-refractivity contribution is 0.483. The summed E-state index contributed by atoms with van der Waals surface area (Å²) in [5, 5.41) is 0.911. The van der Waals surface area contributed by atoms with Gasteiger partial charge in [-0.05, 0) is 30.0 Å². The average Bonchev–Trinajstić information content (AvgIpc) is 2.17. The summed E-state index contributed by atoms with van der Waals surface area (Å²) >= 11 is 3.36. The molecule has 0 bridgehead atoms. The van der Waals surface area contributed by atoms with Gasteiger partial charge in [0.2, 0.25) is 0 Å². The van der Waals surface area contributed by atoms with Crippen molar-refractivity contribution in [3.05, 3.63) is 29.8 Å². The van der Waals surface area contributed by atoms with Crippen molar-refractivity contribution >= 4 is 26.0 Å². The fourth-order valence-electron chi connectivity index (χ4n) is 1.30. The van der Waals surface area contributed by atoms with Crippen LogP contribution in [0.3, 0.4) is 0 Å². The van der Waals surface area contributed by atoms with Gasteiger partial charge in [0.25, 0.3) is 10.1 Å². The molecule has 0 radical (unpaired) electrons.